The van der Waals surface area contributed by atoms with Gasteiger partial charge in [0.15, 0.2) is 37.2 Å². The summed E-state index contributed by atoms with van der Waals surface area (Å²) in [6.45, 7) is 4.31. The minimum absolute atomic E-state index is 0.0139. The molecule has 0 spiro atoms. The number of aliphatic carboxylic acids is 1. The Morgan fingerprint density at radius 3 is 1.42 bits per heavy atom. The predicted octanol–water partition coefficient (Wildman–Crippen LogP) is -7.76. The number of thioether (sulfide) groups is 1. The molecule has 6 fully saturated rings. The molecule has 0 saturated carbocycles. The van der Waals surface area contributed by atoms with Crippen LogP contribution in [0.3, 0.4) is 0 Å². The van der Waals surface area contributed by atoms with Crippen molar-refractivity contribution in [3.63, 3.8) is 0 Å². The largest absolute Gasteiger partial charge is 0.479 e. The first-order valence-electron chi connectivity index (χ1n) is 34.0. The Labute approximate surface area is 621 Å². The van der Waals surface area contributed by atoms with E-state index in [0.29, 0.717) is 43.7 Å². The standard InChI is InChI=1S/C62H99N3O40S2/c1-7-44(75)88-23-31(72)26-91-57(84)54-52(98-60-35(65-30(5)71)18-39(43(22-68)96-60)102-104-61-48(79)46(77)51(53(99-61)55(81)82)97-59-34(64-29(4)70)16-37(101-85-6)41(20-66)95-59)47(78)49(80)62(100-54)105-103-38-17-33(63-28(3)69)58(94-42(38)21-67)93-40-19-36(74)27(2)92-50(40)56(83)90-25-32(73)24-89-45(76)8-14-107-15-12-87-10-9-86-11-13-106/h7,27,31-43,46-54,58-62,66-68,72-74,77-80,106H,1,8-26H2,2-6H3,(H,63,69)(H,64,70)(H,65,71)(H,81,82)/t27?,31?,32-,33-,34-,35?,36?,37-,38-,39-,40+,41-,42?,43?,46?,47?,48?,49?,50?,51+,52+,53?,54?,58+,59-,60?,61?,62?/m0/s1. The predicted molar refractivity (Wildman–Crippen MR) is 350 cm³/mol. The van der Waals surface area contributed by atoms with Gasteiger partial charge in [0, 0.05) is 69.8 Å². The fourth-order valence-electron chi connectivity index (χ4n) is 11.5. The summed E-state index contributed by atoms with van der Waals surface area (Å²) < 4.78 is 84.4. The van der Waals surface area contributed by atoms with Crippen molar-refractivity contribution >= 4 is 72.0 Å². The Bertz CT molecular complexity index is 2780. The molecule has 14 N–H and O–H groups in total. The quantitative estimate of drug-likeness (QED) is 0.00513. The molecule has 3 amide bonds. The lowest BCUT2D eigenvalue weighted by atomic mass is 9.97. The zero-order valence-electron chi connectivity index (χ0n) is 59.0. The Balaban J connectivity index is 1.11. The number of ether oxygens (including phenoxy) is 15. The number of hydrogen-bond donors (Lipinski definition) is 15. The molecule has 28 atom stereocenters. The second-order valence-corrected chi connectivity index (χ2v) is 26.7. The third-order valence-corrected chi connectivity index (χ3v) is 17.9. The van der Waals surface area contributed by atoms with Crippen LogP contribution in [0.15, 0.2) is 12.7 Å². The highest BCUT2D eigenvalue weighted by Crippen LogP contribution is 2.36. The van der Waals surface area contributed by atoms with Crippen LogP contribution in [0.1, 0.15) is 59.8 Å². The molecule has 107 heavy (non-hydrogen) atoms. The maximum atomic E-state index is 14.1. The Morgan fingerprint density at radius 1 is 0.523 bits per heavy atom. The van der Waals surface area contributed by atoms with Gasteiger partial charge in [0.1, 0.15) is 118 Å². The summed E-state index contributed by atoms with van der Waals surface area (Å²) in [6, 6.07) is -3.88. The average Bonchev–Trinajstić information content (AvgIpc) is 0.783. The van der Waals surface area contributed by atoms with Gasteiger partial charge in [-0.15, -0.1) is 0 Å². The van der Waals surface area contributed by atoms with Crippen LogP contribution in [-0.2, 0) is 139 Å². The number of hydrogen-bond acceptors (Lipinski definition) is 41. The van der Waals surface area contributed by atoms with Crippen LogP contribution in [0.25, 0.3) is 0 Å². The van der Waals surface area contributed by atoms with Crippen LogP contribution >= 0.6 is 24.4 Å². The number of carbonyl (C=O) groups is 8. The molecule has 6 heterocycles. The second kappa shape index (κ2) is 46.2. The molecule has 0 aliphatic carbocycles. The van der Waals surface area contributed by atoms with Crippen LogP contribution in [0, 0.1) is 0 Å². The zero-order chi connectivity index (χ0) is 78.6. The van der Waals surface area contributed by atoms with Gasteiger partial charge in [0.2, 0.25) is 30.3 Å². The third-order valence-electron chi connectivity index (χ3n) is 16.8. The molecule has 6 rings (SSSR count). The van der Waals surface area contributed by atoms with Gasteiger partial charge in [-0.25, -0.2) is 48.5 Å². The first kappa shape index (κ1) is 91.0. The first-order chi connectivity index (χ1) is 51.0. The lowest BCUT2D eigenvalue weighted by Gasteiger charge is -2.46. The molecule has 6 aliphatic rings. The number of carboxylic acid groups (broad SMARTS) is 1. The number of rotatable bonds is 43. The fourth-order valence-corrected chi connectivity index (χ4v) is 12.4. The van der Waals surface area contributed by atoms with Crippen molar-refractivity contribution in [3.05, 3.63) is 12.7 Å². The first-order valence-corrected chi connectivity index (χ1v) is 35.8. The number of nitrogens with one attached hydrogen (secondary N) is 3. The second-order valence-electron chi connectivity index (χ2n) is 25.1. The van der Waals surface area contributed by atoms with Gasteiger partial charge in [0.25, 0.3) is 0 Å². The number of thiol groups is 1. The molecule has 0 bridgehead atoms. The van der Waals surface area contributed by atoms with Crippen LogP contribution in [0.2, 0.25) is 0 Å². The number of carbonyl (C=O) groups excluding carboxylic acids is 7. The molecule has 0 aromatic heterocycles. The van der Waals surface area contributed by atoms with E-state index in [1.54, 1.807) is 0 Å². The highest BCUT2D eigenvalue weighted by Gasteiger charge is 2.57. The van der Waals surface area contributed by atoms with Gasteiger partial charge in [-0.05, 0) is 6.92 Å². The molecule has 16 unspecified atom stereocenters. The summed E-state index contributed by atoms with van der Waals surface area (Å²) in [6.07, 6.45) is -44.6. The molecule has 614 valence electrons. The molecule has 0 aromatic carbocycles. The molecule has 0 aromatic rings. The summed E-state index contributed by atoms with van der Waals surface area (Å²) in [5.41, 5.74) is 0. The van der Waals surface area contributed by atoms with Crippen molar-refractivity contribution in [1.29, 1.82) is 0 Å². The summed E-state index contributed by atoms with van der Waals surface area (Å²) in [7, 11) is 1.18. The topological polar surface area (TPSA) is 589 Å². The Kier molecular flexibility index (Phi) is 39.3. The van der Waals surface area contributed by atoms with Crippen LogP contribution < -0.4 is 16.0 Å². The van der Waals surface area contributed by atoms with Crippen molar-refractivity contribution in [2.24, 2.45) is 0 Å². The number of carboxylic acids is 1. The van der Waals surface area contributed by atoms with E-state index in [1.165, 1.54) is 25.8 Å². The van der Waals surface area contributed by atoms with Gasteiger partial charge in [-0.2, -0.15) is 24.4 Å². The maximum absolute atomic E-state index is 14.1. The molecule has 43 nitrogen and oxygen atoms in total. The molecule has 6 saturated heterocycles. The summed E-state index contributed by atoms with van der Waals surface area (Å²) in [5, 5.41) is 128. The van der Waals surface area contributed by atoms with E-state index in [1.807, 2.05) is 0 Å². The normalized spacial score (nSPS) is 35.1. The zero-order valence-corrected chi connectivity index (χ0v) is 60.7. The monoisotopic (exact) mass is 1590 g/mol. The average molecular weight is 1590 g/mol. The number of aliphatic hydroxyl groups excluding tert-OH is 10. The SMILES string of the molecule is C=CC(=O)OCC(O)COC(=O)C1OC(OO[C@H]2C[C@H](NC(C)=O)[C@H](O[C@@H]3CC(O)C(C)OC3C(=O)OC[C@@H](O)COC(=O)CCSCCOCCOCCS)OC2CO)C(O)C(O)[C@H]1OC1OC(CO)[C@@H](OOC2OC(C(=O)O)[C@H](O[C@@H]3O[C@@H](CO)[C@@H](OOC)C[C@@H]3NC(C)=O)C(O)C2O)CC1NC(C)=O. The third kappa shape index (κ3) is 28.1. The van der Waals surface area contributed by atoms with Crippen molar-refractivity contribution in [1.82, 2.24) is 16.0 Å². The van der Waals surface area contributed by atoms with E-state index in [0.717, 1.165) is 26.8 Å². The van der Waals surface area contributed by atoms with E-state index in [-0.39, 0.29) is 19.3 Å². The molecule has 45 heteroatoms. The highest BCUT2D eigenvalue weighted by molar-refractivity contribution is 7.99. The van der Waals surface area contributed by atoms with E-state index >= 15 is 0 Å². The van der Waals surface area contributed by atoms with Crippen molar-refractivity contribution in [3.8, 4) is 0 Å². The van der Waals surface area contributed by atoms with Crippen molar-refractivity contribution in [2.45, 2.75) is 231 Å². The summed E-state index contributed by atoms with van der Waals surface area (Å²) in [4.78, 5) is 134. The Hall–Kier alpha value is -4.88. The number of amides is 3. The van der Waals surface area contributed by atoms with Gasteiger partial charge < -0.3 is 143 Å². The minimum Gasteiger partial charge on any atom is -0.479 e. The molecular formula is C62H99N3O40S2. The van der Waals surface area contributed by atoms with Crippen LogP contribution in [0.4, 0.5) is 0 Å². The van der Waals surface area contributed by atoms with Gasteiger partial charge in [-0.1, -0.05) is 6.58 Å². The van der Waals surface area contributed by atoms with E-state index in [2.05, 4.69) is 35.2 Å². The summed E-state index contributed by atoms with van der Waals surface area (Å²) >= 11 is 5.51. The van der Waals surface area contributed by atoms with E-state index in [4.69, 9.17) is 100 Å². The summed E-state index contributed by atoms with van der Waals surface area (Å²) in [5.74, 6) is -6.42. The number of aliphatic hydroxyl groups is 10. The van der Waals surface area contributed by atoms with Crippen molar-refractivity contribution in [2.75, 3.05) is 97.0 Å². The lowest BCUT2D eigenvalue weighted by molar-refractivity contribution is -0.461. The number of esters is 4. The van der Waals surface area contributed by atoms with E-state index < -0.39 is 278 Å². The van der Waals surface area contributed by atoms with Crippen LogP contribution in [0.5, 0.6) is 0 Å². The van der Waals surface area contributed by atoms with Crippen molar-refractivity contribution < 1.29 is 195 Å². The maximum Gasteiger partial charge on any atom is 0.338 e. The minimum atomic E-state index is -2.35. The van der Waals surface area contributed by atoms with Crippen LogP contribution in [-0.4, -0.2) is 372 Å². The molecule has 6 aliphatic heterocycles. The fraction of sp³-hybridized carbons (Fsp3) is 0.839. The lowest BCUT2D eigenvalue weighted by Crippen LogP contribution is -2.65. The van der Waals surface area contributed by atoms with Gasteiger partial charge in [-0.3, -0.25) is 19.2 Å². The molecule has 0 radical (unpaired) electrons. The van der Waals surface area contributed by atoms with E-state index in [9.17, 15) is 94.5 Å². The van der Waals surface area contributed by atoms with Gasteiger partial charge in [0.05, 0.1) is 90.1 Å². The Morgan fingerprint density at radius 2 is 0.963 bits per heavy atom. The highest BCUT2D eigenvalue weighted by atomic mass is 32.2. The van der Waals surface area contributed by atoms with Gasteiger partial charge >= 0.3 is 29.8 Å². The molecular weight excluding hydrogens is 1490 g/mol. The smallest absolute Gasteiger partial charge is 0.338 e.